The highest BCUT2D eigenvalue weighted by atomic mass is 16.2. The number of carbonyl (C=O) groups is 1. The Morgan fingerprint density at radius 1 is 0.909 bits per heavy atom. The average Bonchev–Trinajstić information content (AvgIpc) is 2.82. The Labute approximate surface area is 198 Å². The number of nitrogens with one attached hydrogen (secondary N) is 1. The van der Waals surface area contributed by atoms with Crippen LogP contribution in [-0.4, -0.2) is 60.6 Å². The van der Waals surface area contributed by atoms with Gasteiger partial charge in [0.2, 0.25) is 5.91 Å². The number of carbonyl (C=O) groups excluding carboxylic acids is 1. The third-order valence-corrected chi connectivity index (χ3v) is 7.21. The summed E-state index contributed by atoms with van der Waals surface area (Å²) in [4.78, 5) is 17.5. The zero-order valence-corrected chi connectivity index (χ0v) is 19.9. The fourth-order valence-electron chi connectivity index (χ4n) is 4.93. The van der Waals surface area contributed by atoms with Gasteiger partial charge in [0.05, 0.1) is 11.7 Å². The summed E-state index contributed by atoms with van der Waals surface area (Å²) in [7, 11) is 2.19. The number of benzene rings is 2. The second-order valence-electron chi connectivity index (χ2n) is 9.97. The van der Waals surface area contributed by atoms with Crippen LogP contribution in [0.2, 0.25) is 0 Å². The summed E-state index contributed by atoms with van der Waals surface area (Å²) < 4.78 is 0. The number of rotatable bonds is 7. The van der Waals surface area contributed by atoms with Crippen LogP contribution in [0.3, 0.4) is 0 Å². The molecule has 0 spiro atoms. The highest BCUT2D eigenvalue weighted by molar-refractivity contribution is 5.86. The van der Waals surface area contributed by atoms with Gasteiger partial charge in [-0.15, -0.1) is 0 Å². The molecule has 2 fully saturated rings. The molecule has 6 nitrogen and oxygen atoms in total. The fraction of sp³-hybridized carbons (Fsp3) is 0.519. The van der Waals surface area contributed by atoms with Crippen LogP contribution in [0.15, 0.2) is 48.5 Å². The van der Waals surface area contributed by atoms with E-state index in [1.807, 2.05) is 0 Å². The van der Waals surface area contributed by atoms with Crippen LogP contribution >= 0.6 is 0 Å². The first kappa shape index (κ1) is 23.9. The lowest BCUT2D eigenvalue weighted by Crippen LogP contribution is -2.59. The van der Waals surface area contributed by atoms with Gasteiger partial charge in [-0.3, -0.25) is 9.69 Å². The highest BCUT2D eigenvalue weighted by Crippen LogP contribution is 2.26. The second kappa shape index (κ2) is 10.8. The average molecular weight is 450 g/mol. The van der Waals surface area contributed by atoms with Crippen molar-refractivity contribution in [2.75, 3.05) is 33.2 Å². The molecule has 2 aromatic carbocycles. The van der Waals surface area contributed by atoms with Crippen LogP contribution in [0, 0.1) is 0 Å². The molecule has 1 aliphatic carbocycles. The number of piperazine rings is 1. The minimum Gasteiger partial charge on any atom is -0.339 e. The third kappa shape index (κ3) is 6.42. The standard InChI is InChI=1S/C27H39N5O/c1-31-15-17-32(18-16-31)20-22-7-11-24(12-8-22)23-9-5-21(6-10-23)19-25(28)30-26(33)27(29)13-3-2-4-14-27/h5-12,25H,2-4,13-20,28-29H2,1H3,(H,30,33)/t25-/m1/s1. The number of likely N-dealkylation sites (N-methyl/N-ethyl adjacent to an activating group) is 1. The zero-order valence-electron chi connectivity index (χ0n) is 19.9. The molecule has 1 amide bonds. The first-order valence-electron chi connectivity index (χ1n) is 12.4. The van der Waals surface area contributed by atoms with Crippen molar-refractivity contribution in [1.82, 2.24) is 15.1 Å². The first-order chi connectivity index (χ1) is 15.9. The lowest BCUT2D eigenvalue weighted by atomic mass is 9.82. The van der Waals surface area contributed by atoms with Gasteiger partial charge in [-0.2, -0.15) is 0 Å². The normalized spacial score (nSPS) is 20.3. The van der Waals surface area contributed by atoms with E-state index in [1.54, 1.807) is 0 Å². The van der Waals surface area contributed by atoms with E-state index in [9.17, 15) is 4.79 Å². The fourth-order valence-corrected chi connectivity index (χ4v) is 4.93. The summed E-state index contributed by atoms with van der Waals surface area (Å²) in [5.74, 6) is -0.108. The number of amides is 1. The van der Waals surface area contributed by atoms with Crippen molar-refractivity contribution in [2.24, 2.45) is 11.5 Å². The lowest BCUT2D eigenvalue weighted by Gasteiger charge is -2.33. The molecule has 1 atom stereocenters. The van der Waals surface area contributed by atoms with Crippen LogP contribution < -0.4 is 16.8 Å². The Bertz CT molecular complexity index is 897. The highest BCUT2D eigenvalue weighted by Gasteiger charge is 2.35. The van der Waals surface area contributed by atoms with E-state index < -0.39 is 11.7 Å². The molecule has 0 aromatic heterocycles. The van der Waals surface area contributed by atoms with Crippen molar-refractivity contribution in [3.05, 3.63) is 59.7 Å². The molecule has 2 aromatic rings. The largest absolute Gasteiger partial charge is 0.339 e. The molecule has 4 rings (SSSR count). The van der Waals surface area contributed by atoms with E-state index in [0.29, 0.717) is 6.42 Å². The summed E-state index contributed by atoms with van der Waals surface area (Å²) in [6, 6.07) is 17.3. The van der Waals surface area contributed by atoms with Gasteiger partial charge in [-0.05, 0) is 42.1 Å². The van der Waals surface area contributed by atoms with E-state index >= 15 is 0 Å². The van der Waals surface area contributed by atoms with Crippen LogP contribution in [0.25, 0.3) is 11.1 Å². The predicted molar refractivity (Wildman–Crippen MR) is 134 cm³/mol. The van der Waals surface area contributed by atoms with Crippen molar-refractivity contribution in [2.45, 2.75) is 56.8 Å². The smallest absolute Gasteiger partial charge is 0.241 e. The Morgan fingerprint density at radius 2 is 1.45 bits per heavy atom. The van der Waals surface area contributed by atoms with Crippen LogP contribution in [0.4, 0.5) is 0 Å². The van der Waals surface area contributed by atoms with E-state index in [2.05, 4.69) is 70.7 Å². The van der Waals surface area contributed by atoms with Crippen molar-refractivity contribution in [1.29, 1.82) is 0 Å². The maximum absolute atomic E-state index is 12.6. The summed E-state index contributed by atoms with van der Waals surface area (Å²) in [6.45, 7) is 5.57. The van der Waals surface area contributed by atoms with Crippen LogP contribution in [-0.2, 0) is 17.8 Å². The molecule has 1 aliphatic heterocycles. The molecule has 0 bridgehead atoms. The molecule has 2 aliphatic rings. The van der Waals surface area contributed by atoms with Gasteiger partial charge in [0, 0.05) is 39.1 Å². The van der Waals surface area contributed by atoms with Gasteiger partial charge in [0.15, 0.2) is 0 Å². The molecule has 33 heavy (non-hydrogen) atoms. The number of hydrogen-bond donors (Lipinski definition) is 3. The summed E-state index contributed by atoms with van der Waals surface area (Å²) in [6.07, 6.45) is 4.83. The van der Waals surface area contributed by atoms with Crippen LogP contribution in [0.1, 0.15) is 43.2 Å². The minimum absolute atomic E-state index is 0.108. The Balaban J connectivity index is 1.29. The van der Waals surface area contributed by atoms with Crippen LogP contribution in [0.5, 0.6) is 0 Å². The Kier molecular flexibility index (Phi) is 7.81. The maximum Gasteiger partial charge on any atom is 0.241 e. The quantitative estimate of drug-likeness (QED) is 0.566. The molecule has 1 saturated carbocycles. The van der Waals surface area contributed by atoms with Crippen molar-refractivity contribution < 1.29 is 4.79 Å². The third-order valence-electron chi connectivity index (χ3n) is 7.21. The van der Waals surface area contributed by atoms with Gasteiger partial charge in [-0.1, -0.05) is 67.8 Å². The number of nitrogens with zero attached hydrogens (tertiary/aromatic N) is 2. The summed E-state index contributed by atoms with van der Waals surface area (Å²) in [5.41, 5.74) is 16.7. The van der Waals surface area contributed by atoms with Gasteiger partial charge < -0.3 is 21.7 Å². The molecule has 0 unspecified atom stereocenters. The van der Waals surface area contributed by atoms with E-state index in [-0.39, 0.29) is 5.91 Å². The molecular formula is C27H39N5O. The summed E-state index contributed by atoms with van der Waals surface area (Å²) in [5, 5.41) is 2.93. The monoisotopic (exact) mass is 449 g/mol. The number of nitrogens with two attached hydrogens (primary N) is 2. The van der Waals surface area contributed by atoms with Gasteiger partial charge >= 0.3 is 0 Å². The van der Waals surface area contributed by atoms with Gasteiger partial charge in [0.25, 0.3) is 0 Å². The Hall–Kier alpha value is -2.25. The molecular weight excluding hydrogens is 410 g/mol. The van der Waals surface area contributed by atoms with E-state index in [4.69, 9.17) is 11.5 Å². The topological polar surface area (TPSA) is 87.6 Å². The Morgan fingerprint density at radius 3 is 2.03 bits per heavy atom. The van der Waals surface area contributed by atoms with Gasteiger partial charge in [0.1, 0.15) is 0 Å². The molecule has 0 radical (unpaired) electrons. The number of hydrogen-bond acceptors (Lipinski definition) is 5. The minimum atomic E-state index is -0.754. The molecule has 178 valence electrons. The van der Waals surface area contributed by atoms with E-state index in [0.717, 1.165) is 70.4 Å². The van der Waals surface area contributed by atoms with E-state index in [1.165, 1.54) is 16.7 Å². The lowest BCUT2D eigenvalue weighted by molar-refractivity contribution is -0.128. The van der Waals surface area contributed by atoms with Crippen molar-refractivity contribution >= 4 is 5.91 Å². The zero-order chi connectivity index (χ0) is 23.3. The molecule has 6 heteroatoms. The van der Waals surface area contributed by atoms with Crippen molar-refractivity contribution in [3.63, 3.8) is 0 Å². The van der Waals surface area contributed by atoms with Gasteiger partial charge in [-0.25, -0.2) is 0 Å². The first-order valence-corrected chi connectivity index (χ1v) is 12.4. The predicted octanol–water partition coefficient (Wildman–Crippen LogP) is 2.71. The molecule has 1 heterocycles. The van der Waals surface area contributed by atoms with Crippen molar-refractivity contribution in [3.8, 4) is 11.1 Å². The molecule has 1 saturated heterocycles. The molecule has 5 N–H and O–H groups in total. The summed E-state index contributed by atoms with van der Waals surface area (Å²) >= 11 is 0. The SMILES string of the molecule is CN1CCN(Cc2ccc(-c3ccc(C[C@H](N)NC(=O)C4(N)CCCCC4)cc3)cc2)CC1. The maximum atomic E-state index is 12.6. The second-order valence-corrected chi connectivity index (χ2v) is 9.97.